The summed E-state index contributed by atoms with van der Waals surface area (Å²) in [6, 6.07) is 0. The lowest BCUT2D eigenvalue weighted by Crippen LogP contribution is -2.18. The minimum absolute atomic E-state index is 0.0424. The topological polar surface area (TPSA) is 29.3 Å². The van der Waals surface area contributed by atoms with Crippen molar-refractivity contribution in [3.63, 3.8) is 0 Å². The van der Waals surface area contributed by atoms with Crippen LogP contribution in [0.1, 0.15) is 0 Å². The normalized spacial score (nSPS) is 29.4. The van der Waals surface area contributed by atoms with E-state index in [1.165, 1.54) is 0 Å². The van der Waals surface area contributed by atoms with Gasteiger partial charge in [-0.15, -0.1) is 5.14 Å². The van der Waals surface area contributed by atoms with Crippen LogP contribution in [-0.2, 0) is 11.1 Å². The van der Waals surface area contributed by atoms with Gasteiger partial charge in [0.15, 0.2) is 5.41 Å². The molecule has 40 valence electrons. The smallest absolute Gasteiger partial charge is 0.204 e. The lowest BCUT2D eigenvalue weighted by Gasteiger charge is -1.98. The molecule has 0 saturated carbocycles. The predicted molar refractivity (Wildman–Crippen MR) is 33.3 cm³/mol. The molecule has 7 heavy (non-hydrogen) atoms. The van der Waals surface area contributed by atoms with Gasteiger partial charge in [-0.25, -0.2) is 0 Å². The van der Waals surface area contributed by atoms with E-state index in [0.29, 0.717) is 0 Å². The van der Waals surface area contributed by atoms with Crippen LogP contribution in [0, 0.1) is 0 Å². The zero-order valence-corrected chi connectivity index (χ0v) is 5.11. The average molecular weight is 117 g/mol. The molecule has 1 unspecified atom stereocenters. The summed E-state index contributed by atoms with van der Waals surface area (Å²) in [5, 5.41) is 7.55. The summed E-state index contributed by atoms with van der Waals surface area (Å²) in [4.78, 5) is 2.09. The average Bonchev–Trinajstić information content (AvgIpc) is 1.87. The number of rotatable bonds is 0. The summed E-state index contributed by atoms with van der Waals surface area (Å²) in [5.41, 5.74) is 0. The first-order chi connectivity index (χ1) is 3.29. The van der Waals surface area contributed by atoms with E-state index in [9.17, 15) is 0 Å². The molecule has 0 radical (unpaired) electrons. The molecular formula is C4H9N2S+. The lowest BCUT2D eigenvalue weighted by atomic mass is 10.9. The molecule has 0 aliphatic carbocycles. The van der Waals surface area contributed by atoms with Crippen molar-refractivity contribution in [3.05, 3.63) is 11.6 Å². The Balaban J connectivity index is 2.42. The van der Waals surface area contributed by atoms with Gasteiger partial charge < -0.3 is 4.90 Å². The summed E-state index contributed by atoms with van der Waals surface area (Å²) >= 11 is 0.0424. The van der Waals surface area contributed by atoms with Gasteiger partial charge in [0.2, 0.25) is 5.88 Å². The van der Waals surface area contributed by atoms with Gasteiger partial charge in [-0.3, -0.25) is 0 Å². The van der Waals surface area contributed by atoms with Gasteiger partial charge in [-0.2, -0.15) is 0 Å². The largest absolute Gasteiger partial charge is 0.333 e. The van der Waals surface area contributed by atoms with Crippen molar-refractivity contribution in [1.82, 2.24) is 4.90 Å². The van der Waals surface area contributed by atoms with E-state index >= 15 is 0 Å². The number of nitrogens with two attached hydrogens (primary N) is 1. The summed E-state index contributed by atoms with van der Waals surface area (Å²) in [6.07, 6.45) is 2.02. The second kappa shape index (κ2) is 1.76. The SMILES string of the molecule is CN1C=C[S+](N)C1. The van der Waals surface area contributed by atoms with Crippen molar-refractivity contribution in [1.29, 1.82) is 0 Å². The Bertz CT molecular complexity index is 81.7. The van der Waals surface area contributed by atoms with E-state index in [1.807, 2.05) is 18.7 Å². The van der Waals surface area contributed by atoms with Gasteiger partial charge in [-0.05, 0) is 0 Å². The summed E-state index contributed by atoms with van der Waals surface area (Å²) in [7, 11) is 2.02. The molecule has 1 rings (SSSR count). The Morgan fingerprint density at radius 3 is 2.71 bits per heavy atom. The molecule has 3 heteroatoms. The minimum atomic E-state index is 0.0424. The third-order valence-electron chi connectivity index (χ3n) is 0.843. The highest BCUT2D eigenvalue weighted by Gasteiger charge is 2.16. The molecule has 0 bridgehead atoms. The van der Waals surface area contributed by atoms with Crippen LogP contribution in [0.3, 0.4) is 0 Å². The fourth-order valence-corrected chi connectivity index (χ4v) is 1.51. The maximum absolute atomic E-state index is 5.52. The highest BCUT2D eigenvalue weighted by molar-refractivity contribution is 7.97. The van der Waals surface area contributed by atoms with Crippen molar-refractivity contribution >= 4 is 11.1 Å². The van der Waals surface area contributed by atoms with Gasteiger partial charge >= 0.3 is 0 Å². The van der Waals surface area contributed by atoms with Gasteiger partial charge in [0.25, 0.3) is 0 Å². The summed E-state index contributed by atoms with van der Waals surface area (Å²) < 4.78 is 0. The van der Waals surface area contributed by atoms with Gasteiger partial charge in [-0.1, -0.05) is 0 Å². The van der Waals surface area contributed by atoms with Gasteiger partial charge in [0.05, 0.1) is 6.20 Å². The molecule has 0 saturated heterocycles. The zero-order valence-electron chi connectivity index (χ0n) is 4.29. The van der Waals surface area contributed by atoms with Crippen molar-refractivity contribution in [3.8, 4) is 0 Å². The standard InChI is InChI=1S/C4H9N2S/c1-6-2-3-7(5)4-6/h2-3H,4-5H2,1H3/q+1. The highest BCUT2D eigenvalue weighted by atomic mass is 32.2. The molecule has 1 aliphatic rings. The molecule has 0 aromatic heterocycles. The Hall–Kier alpha value is -0.150. The molecule has 1 heterocycles. The van der Waals surface area contributed by atoms with E-state index in [-0.39, 0.29) is 11.1 Å². The van der Waals surface area contributed by atoms with Crippen LogP contribution >= 0.6 is 0 Å². The third-order valence-corrected chi connectivity index (χ3v) is 2.02. The molecule has 1 atom stereocenters. The number of hydrogen-bond donors (Lipinski definition) is 1. The van der Waals surface area contributed by atoms with Gasteiger partial charge in [0, 0.05) is 7.05 Å². The molecule has 0 amide bonds. The van der Waals surface area contributed by atoms with Gasteiger partial charge in [0.1, 0.15) is 11.1 Å². The van der Waals surface area contributed by atoms with E-state index in [2.05, 4.69) is 4.90 Å². The second-order valence-electron chi connectivity index (χ2n) is 1.64. The molecule has 0 fully saturated rings. The number of nitrogens with zero attached hydrogens (tertiary/aromatic N) is 1. The number of hydrogen-bond acceptors (Lipinski definition) is 2. The Morgan fingerprint density at radius 1 is 1.86 bits per heavy atom. The Kier molecular flexibility index (Phi) is 1.25. The molecular weight excluding hydrogens is 108 g/mol. The van der Waals surface area contributed by atoms with Crippen molar-refractivity contribution < 1.29 is 0 Å². The van der Waals surface area contributed by atoms with E-state index in [0.717, 1.165) is 5.88 Å². The first-order valence-corrected chi connectivity index (χ1v) is 3.64. The highest BCUT2D eigenvalue weighted by Crippen LogP contribution is 2.01. The first kappa shape index (κ1) is 5.00. The van der Waals surface area contributed by atoms with Crippen LogP contribution in [0.5, 0.6) is 0 Å². The van der Waals surface area contributed by atoms with Crippen LogP contribution < -0.4 is 5.14 Å². The molecule has 1 aliphatic heterocycles. The minimum Gasteiger partial charge on any atom is -0.333 e. The fraction of sp³-hybridized carbons (Fsp3) is 0.500. The predicted octanol–water partition coefficient (Wildman–Crippen LogP) is -0.147. The van der Waals surface area contributed by atoms with Crippen LogP contribution in [-0.4, -0.2) is 17.8 Å². The van der Waals surface area contributed by atoms with Crippen molar-refractivity contribution in [2.45, 2.75) is 0 Å². The van der Waals surface area contributed by atoms with E-state index in [4.69, 9.17) is 5.14 Å². The maximum atomic E-state index is 5.52. The van der Waals surface area contributed by atoms with Crippen LogP contribution in [0.2, 0.25) is 0 Å². The van der Waals surface area contributed by atoms with Crippen LogP contribution in [0.25, 0.3) is 0 Å². The van der Waals surface area contributed by atoms with E-state index < -0.39 is 0 Å². The second-order valence-corrected chi connectivity index (χ2v) is 3.11. The monoisotopic (exact) mass is 117 g/mol. The summed E-state index contributed by atoms with van der Waals surface area (Å²) in [6.45, 7) is 0. The van der Waals surface area contributed by atoms with Crippen molar-refractivity contribution in [2.75, 3.05) is 12.9 Å². The molecule has 0 aromatic rings. The lowest BCUT2D eigenvalue weighted by molar-refractivity contribution is 0.550. The van der Waals surface area contributed by atoms with Crippen LogP contribution in [0.15, 0.2) is 11.6 Å². The van der Waals surface area contributed by atoms with E-state index in [1.54, 1.807) is 0 Å². The Labute approximate surface area is 46.5 Å². The fourth-order valence-electron chi connectivity index (χ4n) is 0.503. The zero-order chi connectivity index (χ0) is 5.28. The molecule has 2 N–H and O–H groups in total. The maximum Gasteiger partial charge on any atom is 0.204 e. The first-order valence-electron chi connectivity index (χ1n) is 2.12. The van der Waals surface area contributed by atoms with Crippen LogP contribution in [0.4, 0.5) is 0 Å². The molecule has 0 aromatic carbocycles. The Morgan fingerprint density at radius 2 is 2.57 bits per heavy atom. The molecule has 2 nitrogen and oxygen atoms in total. The summed E-state index contributed by atoms with van der Waals surface area (Å²) in [5.74, 6) is 1.00. The molecule has 0 spiro atoms. The quantitative estimate of drug-likeness (QED) is 0.447. The van der Waals surface area contributed by atoms with Crippen molar-refractivity contribution in [2.24, 2.45) is 5.14 Å². The third kappa shape index (κ3) is 1.11.